The number of methoxy groups -OCH3 is 2. The van der Waals surface area contributed by atoms with E-state index in [1.54, 1.807) is 0 Å². The summed E-state index contributed by atoms with van der Waals surface area (Å²) in [7, 11) is 2.86. The van der Waals surface area contributed by atoms with Crippen molar-refractivity contribution in [2.24, 2.45) is 5.73 Å². The van der Waals surface area contributed by atoms with Crippen LogP contribution in [-0.4, -0.2) is 35.6 Å². The molecular weight excluding hydrogens is 360 g/mol. The van der Waals surface area contributed by atoms with Crippen molar-refractivity contribution in [3.05, 3.63) is 45.2 Å². The molecular formula is C16H14N4O5S. The van der Waals surface area contributed by atoms with Gasteiger partial charge in [0.05, 0.1) is 31.0 Å². The first-order valence-corrected chi connectivity index (χ1v) is 7.68. The number of anilines is 1. The zero-order chi connectivity index (χ0) is 19.2. The van der Waals surface area contributed by atoms with Crippen LogP contribution in [0.15, 0.2) is 23.0 Å². The molecule has 2 heterocycles. The number of nitrogens with one attached hydrogen (secondary N) is 1. The van der Waals surface area contributed by atoms with Gasteiger partial charge in [-0.1, -0.05) is 12.2 Å². The lowest BCUT2D eigenvalue weighted by molar-refractivity contribution is 0.0880. The van der Waals surface area contributed by atoms with Crippen molar-refractivity contribution >= 4 is 34.8 Å². The summed E-state index contributed by atoms with van der Waals surface area (Å²) >= 11 is 5.06. The van der Waals surface area contributed by atoms with E-state index in [-0.39, 0.29) is 33.2 Å². The number of carbonyl (C=O) groups excluding carboxylic acids is 2. The molecule has 0 radical (unpaired) electrons. The van der Waals surface area contributed by atoms with Crippen LogP contribution < -0.4 is 31.8 Å². The van der Waals surface area contributed by atoms with Crippen molar-refractivity contribution in [2.75, 3.05) is 20.0 Å². The number of nitrogens with zero attached hydrogens (tertiary/aromatic N) is 1. The molecule has 1 aromatic heterocycles. The normalized spacial score (nSPS) is 12.5. The van der Waals surface area contributed by atoms with E-state index in [2.05, 4.69) is 5.32 Å². The van der Waals surface area contributed by atoms with Gasteiger partial charge < -0.3 is 20.9 Å². The van der Waals surface area contributed by atoms with Gasteiger partial charge in [0.25, 0.3) is 17.4 Å². The standard InChI is InChI=1S/C16H14N4O5S/c1-24-9-3-6(14(18)26)8(5-10(9)25-2)20-11(21)4-7-12(13(20)17)16(23)19-15(7)22/h3-5H,17H2,1-2H3,(H2,18,26)(H,19,22,23). The van der Waals surface area contributed by atoms with Crippen LogP contribution in [0, 0.1) is 0 Å². The molecule has 0 saturated carbocycles. The van der Waals surface area contributed by atoms with Crippen molar-refractivity contribution < 1.29 is 19.1 Å². The van der Waals surface area contributed by atoms with Gasteiger partial charge >= 0.3 is 0 Å². The van der Waals surface area contributed by atoms with Gasteiger partial charge in [-0.05, 0) is 6.07 Å². The molecule has 0 fully saturated rings. The molecule has 0 unspecified atom stereocenters. The van der Waals surface area contributed by atoms with E-state index in [0.29, 0.717) is 11.5 Å². The van der Waals surface area contributed by atoms with E-state index in [1.165, 1.54) is 26.4 Å². The number of thiocarbonyl (C=S) groups is 1. The van der Waals surface area contributed by atoms with Crippen molar-refractivity contribution in [3.8, 4) is 17.2 Å². The van der Waals surface area contributed by atoms with Gasteiger partial charge in [-0.2, -0.15) is 0 Å². The number of hydrogen-bond acceptors (Lipinski definition) is 7. The fourth-order valence-electron chi connectivity index (χ4n) is 2.78. The minimum atomic E-state index is -0.686. The molecule has 0 bridgehead atoms. The molecule has 0 saturated heterocycles. The summed E-state index contributed by atoms with van der Waals surface area (Å²) in [5.74, 6) is -0.924. The van der Waals surface area contributed by atoms with Gasteiger partial charge in [0.2, 0.25) is 0 Å². The number of nitrogens with two attached hydrogens (primary N) is 2. The summed E-state index contributed by atoms with van der Waals surface area (Å²) in [5, 5.41) is 2.10. The Kier molecular flexibility index (Phi) is 4.12. The Balaban J connectivity index is 2.40. The van der Waals surface area contributed by atoms with Crippen LogP contribution in [0.5, 0.6) is 11.5 Å². The number of fused-ring (bicyclic) bond motifs is 1. The molecule has 10 heteroatoms. The number of carbonyl (C=O) groups is 2. The van der Waals surface area contributed by atoms with E-state index in [9.17, 15) is 14.4 Å². The van der Waals surface area contributed by atoms with E-state index >= 15 is 0 Å². The molecule has 2 aromatic rings. The second kappa shape index (κ2) is 6.15. The maximum atomic E-state index is 12.6. The highest BCUT2D eigenvalue weighted by molar-refractivity contribution is 7.80. The lowest BCUT2D eigenvalue weighted by Crippen LogP contribution is -2.26. The number of imide groups is 1. The second-order valence-corrected chi connectivity index (χ2v) is 5.80. The summed E-state index contributed by atoms with van der Waals surface area (Å²) in [6, 6.07) is 4.00. The topological polar surface area (TPSA) is 139 Å². The molecule has 0 atom stereocenters. The third kappa shape index (κ3) is 2.47. The van der Waals surface area contributed by atoms with E-state index in [1.807, 2.05) is 0 Å². The quantitative estimate of drug-likeness (QED) is 0.500. The Hall–Kier alpha value is -3.40. The fourth-order valence-corrected chi connectivity index (χ4v) is 2.94. The van der Waals surface area contributed by atoms with Crippen LogP contribution in [0.3, 0.4) is 0 Å². The summed E-state index contributed by atoms with van der Waals surface area (Å²) in [6.45, 7) is 0. The van der Waals surface area contributed by atoms with Gasteiger partial charge in [0, 0.05) is 17.7 Å². The minimum Gasteiger partial charge on any atom is -0.493 e. The van der Waals surface area contributed by atoms with Crippen molar-refractivity contribution in [2.45, 2.75) is 0 Å². The van der Waals surface area contributed by atoms with Gasteiger partial charge in [-0.3, -0.25) is 24.3 Å². The Labute approximate surface area is 152 Å². The third-order valence-electron chi connectivity index (χ3n) is 3.96. The highest BCUT2D eigenvalue weighted by atomic mass is 32.1. The summed E-state index contributed by atoms with van der Waals surface area (Å²) in [5.41, 5.74) is 11.5. The van der Waals surface area contributed by atoms with Crippen LogP contribution in [0.4, 0.5) is 5.82 Å². The summed E-state index contributed by atoms with van der Waals surface area (Å²) < 4.78 is 11.5. The maximum Gasteiger partial charge on any atom is 0.262 e. The monoisotopic (exact) mass is 374 g/mol. The first-order valence-electron chi connectivity index (χ1n) is 7.27. The van der Waals surface area contributed by atoms with E-state index in [0.717, 1.165) is 10.6 Å². The highest BCUT2D eigenvalue weighted by Crippen LogP contribution is 2.33. The van der Waals surface area contributed by atoms with Crippen LogP contribution in [-0.2, 0) is 0 Å². The number of rotatable bonds is 4. The van der Waals surface area contributed by atoms with Crippen LogP contribution in [0.25, 0.3) is 5.69 Å². The lowest BCUT2D eigenvalue weighted by atomic mass is 10.1. The average Bonchev–Trinajstić information content (AvgIpc) is 2.87. The predicted octanol–water partition coefficient (Wildman–Crippen LogP) is -0.0453. The zero-order valence-corrected chi connectivity index (χ0v) is 14.6. The fraction of sp³-hybridized carbons (Fsp3) is 0.125. The molecule has 9 nitrogen and oxygen atoms in total. The Morgan fingerprint density at radius 3 is 2.27 bits per heavy atom. The van der Waals surface area contributed by atoms with Gasteiger partial charge in [0.1, 0.15) is 10.8 Å². The van der Waals surface area contributed by atoms with Crippen molar-refractivity contribution in [1.82, 2.24) is 9.88 Å². The van der Waals surface area contributed by atoms with Crippen molar-refractivity contribution in [3.63, 3.8) is 0 Å². The molecule has 3 rings (SSSR count). The molecule has 1 aromatic carbocycles. The van der Waals surface area contributed by atoms with Crippen LogP contribution in [0.1, 0.15) is 26.3 Å². The Morgan fingerprint density at radius 1 is 1.08 bits per heavy atom. The second-order valence-electron chi connectivity index (χ2n) is 5.36. The number of hydrogen-bond donors (Lipinski definition) is 3. The van der Waals surface area contributed by atoms with E-state index < -0.39 is 17.4 Å². The molecule has 0 aliphatic carbocycles. The van der Waals surface area contributed by atoms with Crippen molar-refractivity contribution in [1.29, 1.82) is 0 Å². The number of pyridine rings is 1. The molecule has 1 aliphatic heterocycles. The highest BCUT2D eigenvalue weighted by Gasteiger charge is 2.32. The van der Waals surface area contributed by atoms with Gasteiger partial charge in [-0.15, -0.1) is 0 Å². The molecule has 134 valence electrons. The number of aromatic nitrogens is 1. The first kappa shape index (κ1) is 17.4. The van der Waals surface area contributed by atoms with Gasteiger partial charge in [0.15, 0.2) is 11.5 Å². The van der Waals surface area contributed by atoms with Crippen LogP contribution >= 0.6 is 12.2 Å². The SMILES string of the molecule is COc1cc(C(N)=S)c(-n2c(N)c3c(cc2=O)C(=O)NC3=O)cc1OC. The van der Waals surface area contributed by atoms with Crippen LogP contribution in [0.2, 0.25) is 0 Å². The smallest absolute Gasteiger partial charge is 0.262 e. The number of nitrogen functional groups attached to an aromatic ring is 1. The summed E-state index contributed by atoms with van der Waals surface area (Å²) in [4.78, 5) is 36.4. The molecule has 26 heavy (non-hydrogen) atoms. The zero-order valence-electron chi connectivity index (χ0n) is 13.8. The largest absolute Gasteiger partial charge is 0.493 e. The average molecular weight is 374 g/mol. The van der Waals surface area contributed by atoms with E-state index in [4.69, 9.17) is 33.2 Å². The summed E-state index contributed by atoms with van der Waals surface area (Å²) in [6.07, 6.45) is 0. The molecule has 1 aliphatic rings. The maximum absolute atomic E-state index is 12.6. The number of ether oxygens (including phenoxy) is 2. The Morgan fingerprint density at radius 2 is 1.69 bits per heavy atom. The number of benzene rings is 1. The molecule has 0 spiro atoms. The first-order chi connectivity index (χ1) is 12.3. The van der Waals surface area contributed by atoms with Gasteiger partial charge in [-0.25, -0.2) is 0 Å². The molecule has 5 N–H and O–H groups in total. The minimum absolute atomic E-state index is 0.0201. The molecule has 2 amide bonds. The third-order valence-corrected chi connectivity index (χ3v) is 4.18. The number of amides is 2. The predicted molar refractivity (Wildman–Crippen MR) is 97.2 cm³/mol. The Bertz CT molecular complexity index is 1040. The lowest BCUT2D eigenvalue weighted by Gasteiger charge is -2.18.